The number of alkyl carbamates (subject to hydrolysis) is 1. The number of nitrogen functional groups attached to an aromatic ring is 1. The number of nitrogens with zero attached hydrogens (tertiary/aromatic N) is 2. The molecule has 0 radical (unpaired) electrons. The number of anilines is 2. The van der Waals surface area contributed by atoms with Gasteiger partial charge in [0.15, 0.2) is 8.32 Å². The molecule has 1 saturated heterocycles. The number of nitrogens with one attached hydrogen (secondary N) is 1. The average molecular weight is 423 g/mol. The number of pyridine rings is 1. The first kappa shape index (κ1) is 23.5. The summed E-state index contributed by atoms with van der Waals surface area (Å²) in [6, 6.07) is 1.82. The number of hydrogen-bond acceptors (Lipinski definition) is 6. The fourth-order valence-electron chi connectivity index (χ4n) is 3.68. The third-order valence-electron chi connectivity index (χ3n) is 6.06. The highest BCUT2D eigenvalue weighted by molar-refractivity contribution is 6.72. The SMILES string of the molecule is CC(C)(C)OC(=O)NC1CN(c2ccncc2N)CC[C@@H]1CC(C)(C)[Si](C)(C)O. The van der Waals surface area contributed by atoms with E-state index in [9.17, 15) is 9.59 Å². The van der Waals surface area contributed by atoms with Crippen molar-refractivity contribution in [1.82, 2.24) is 10.3 Å². The minimum absolute atomic E-state index is 0.0956. The number of rotatable bonds is 5. The maximum absolute atomic E-state index is 12.5. The Hall–Kier alpha value is -1.80. The molecule has 0 bridgehead atoms. The van der Waals surface area contributed by atoms with E-state index in [0.717, 1.165) is 25.1 Å². The molecule has 0 aromatic carbocycles. The second kappa shape index (κ2) is 8.51. The van der Waals surface area contributed by atoms with Gasteiger partial charge in [0.05, 0.1) is 23.6 Å². The lowest BCUT2D eigenvalue weighted by Gasteiger charge is -2.45. The lowest BCUT2D eigenvalue weighted by Crippen LogP contribution is -2.55. The van der Waals surface area contributed by atoms with Gasteiger partial charge in [-0.05, 0) is 63.7 Å². The van der Waals surface area contributed by atoms with E-state index in [-0.39, 0.29) is 17.0 Å². The van der Waals surface area contributed by atoms with Crippen molar-refractivity contribution >= 4 is 25.8 Å². The topological polar surface area (TPSA) is 101 Å². The van der Waals surface area contributed by atoms with Gasteiger partial charge in [-0.3, -0.25) is 4.98 Å². The number of carbonyl (C=O) groups is 1. The van der Waals surface area contributed by atoms with Gasteiger partial charge < -0.3 is 25.5 Å². The molecule has 0 spiro atoms. The van der Waals surface area contributed by atoms with Crippen LogP contribution in [0.2, 0.25) is 18.1 Å². The summed E-state index contributed by atoms with van der Waals surface area (Å²) in [7, 11) is -2.35. The highest BCUT2D eigenvalue weighted by Gasteiger charge is 2.43. The van der Waals surface area contributed by atoms with Crippen molar-refractivity contribution < 1.29 is 14.3 Å². The van der Waals surface area contributed by atoms with Crippen LogP contribution in [0.15, 0.2) is 18.5 Å². The Morgan fingerprint density at radius 2 is 2.03 bits per heavy atom. The minimum Gasteiger partial charge on any atom is -0.444 e. The van der Waals surface area contributed by atoms with Gasteiger partial charge in [-0.25, -0.2) is 4.79 Å². The fraction of sp³-hybridized carbons (Fsp3) is 0.714. The van der Waals surface area contributed by atoms with Crippen molar-refractivity contribution in [3.05, 3.63) is 18.5 Å². The van der Waals surface area contributed by atoms with Crippen LogP contribution in [0, 0.1) is 5.92 Å². The third kappa shape index (κ3) is 6.34. The highest BCUT2D eigenvalue weighted by atomic mass is 28.4. The molecule has 1 amide bonds. The second-order valence-corrected chi connectivity index (χ2v) is 14.8. The van der Waals surface area contributed by atoms with Crippen LogP contribution in [0.4, 0.5) is 16.2 Å². The summed E-state index contributed by atoms with van der Waals surface area (Å²) < 4.78 is 5.51. The zero-order valence-corrected chi connectivity index (χ0v) is 20.0. The van der Waals surface area contributed by atoms with E-state index in [4.69, 9.17) is 10.5 Å². The average Bonchev–Trinajstić information content (AvgIpc) is 2.54. The van der Waals surface area contributed by atoms with Crippen LogP contribution in [0.25, 0.3) is 0 Å². The number of aromatic nitrogens is 1. The zero-order chi connectivity index (χ0) is 22.0. The smallest absolute Gasteiger partial charge is 0.407 e. The van der Waals surface area contributed by atoms with Crippen molar-refractivity contribution in [2.24, 2.45) is 5.92 Å². The molecule has 1 fully saturated rings. The Balaban J connectivity index is 2.22. The predicted octanol–water partition coefficient (Wildman–Crippen LogP) is 3.75. The number of hydrogen-bond donors (Lipinski definition) is 3. The van der Waals surface area contributed by atoms with Gasteiger partial charge in [0, 0.05) is 19.3 Å². The third-order valence-corrected chi connectivity index (χ3v) is 9.57. The first-order valence-electron chi connectivity index (χ1n) is 10.4. The number of carbonyl (C=O) groups excluding carboxylic acids is 1. The molecule has 0 aliphatic carbocycles. The quantitative estimate of drug-likeness (QED) is 0.625. The van der Waals surface area contributed by atoms with Crippen molar-refractivity contribution in [2.75, 3.05) is 23.7 Å². The first-order chi connectivity index (χ1) is 13.2. The molecule has 1 aromatic rings. The molecule has 1 aliphatic rings. The van der Waals surface area contributed by atoms with Gasteiger partial charge in [0.1, 0.15) is 5.60 Å². The molecule has 7 nitrogen and oxygen atoms in total. The second-order valence-electron chi connectivity index (χ2n) is 10.3. The molecule has 4 N–H and O–H groups in total. The molecule has 164 valence electrons. The number of amides is 1. The maximum atomic E-state index is 12.5. The van der Waals surface area contributed by atoms with E-state index < -0.39 is 20.0 Å². The first-order valence-corrected chi connectivity index (χ1v) is 13.3. The Kier molecular flexibility index (Phi) is 6.89. The van der Waals surface area contributed by atoms with Gasteiger partial charge in [-0.2, -0.15) is 0 Å². The van der Waals surface area contributed by atoms with E-state index in [0.29, 0.717) is 12.2 Å². The van der Waals surface area contributed by atoms with E-state index >= 15 is 0 Å². The summed E-state index contributed by atoms with van der Waals surface area (Å²) in [5, 5.41) is 2.93. The number of nitrogens with two attached hydrogens (primary N) is 1. The van der Waals surface area contributed by atoms with Gasteiger partial charge >= 0.3 is 6.09 Å². The normalized spacial score (nSPS) is 21.0. The summed E-state index contributed by atoms with van der Waals surface area (Å²) in [5.74, 6) is 0.246. The summed E-state index contributed by atoms with van der Waals surface area (Å²) in [6.45, 7) is 15.3. The van der Waals surface area contributed by atoms with Crippen LogP contribution in [-0.4, -0.2) is 48.9 Å². The zero-order valence-electron chi connectivity index (χ0n) is 19.0. The molecule has 1 aromatic heterocycles. The molecule has 1 aliphatic heterocycles. The number of piperidine rings is 1. The molecule has 2 rings (SSSR count). The Morgan fingerprint density at radius 1 is 1.38 bits per heavy atom. The summed E-state index contributed by atoms with van der Waals surface area (Å²) in [4.78, 5) is 29.5. The summed E-state index contributed by atoms with van der Waals surface area (Å²) in [6.07, 6.45) is 4.73. The molecular weight excluding hydrogens is 384 g/mol. The maximum Gasteiger partial charge on any atom is 0.407 e. The van der Waals surface area contributed by atoms with Crippen LogP contribution in [0.3, 0.4) is 0 Å². The Labute approximate surface area is 176 Å². The van der Waals surface area contributed by atoms with Crippen LogP contribution >= 0.6 is 0 Å². The van der Waals surface area contributed by atoms with Crippen molar-refractivity contribution in [3.8, 4) is 0 Å². The van der Waals surface area contributed by atoms with Gasteiger partial charge in [0.25, 0.3) is 0 Å². The molecular formula is C21H38N4O3Si. The van der Waals surface area contributed by atoms with Crippen LogP contribution in [-0.2, 0) is 4.74 Å². The lowest BCUT2D eigenvalue weighted by molar-refractivity contribution is 0.0475. The Morgan fingerprint density at radius 3 is 2.59 bits per heavy atom. The highest BCUT2D eigenvalue weighted by Crippen LogP contribution is 2.44. The van der Waals surface area contributed by atoms with E-state index in [1.54, 1.807) is 12.4 Å². The largest absolute Gasteiger partial charge is 0.444 e. The van der Waals surface area contributed by atoms with E-state index in [1.165, 1.54) is 0 Å². The Bertz CT molecular complexity index is 713. The summed E-state index contributed by atoms with van der Waals surface area (Å²) >= 11 is 0. The molecule has 0 saturated carbocycles. The van der Waals surface area contributed by atoms with Gasteiger partial charge in [-0.15, -0.1) is 0 Å². The molecule has 1 unspecified atom stereocenters. The molecule has 2 atom stereocenters. The minimum atomic E-state index is -2.35. The van der Waals surface area contributed by atoms with Crippen LogP contribution in [0.1, 0.15) is 47.5 Å². The predicted molar refractivity (Wildman–Crippen MR) is 120 cm³/mol. The van der Waals surface area contributed by atoms with Crippen LogP contribution < -0.4 is 16.0 Å². The van der Waals surface area contributed by atoms with E-state index in [2.05, 4.69) is 29.0 Å². The monoisotopic (exact) mass is 422 g/mol. The summed E-state index contributed by atoms with van der Waals surface area (Å²) in [5.41, 5.74) is 7.14. The molecule has 2 heterocycles. The van der Waals surface area contributed by atoms with Gasteiger partial charge in [-0.1, -0.05) is 13.8 Å². The number of ether oxygens (including phenoxy) is 1. The fourth-order valence-corrected chi connectivity index (χ4v) is 4.44. The molecule has 29 heavy (non-hydrogen) atoms. The van der Waals surface area contributed by atoms with Crippen molar-refractivity contribution in [2.45, 2.75) is 77.2 Å². The van der Waals surface area contributed by atoms with Crippen molar-refractivity contribution in [1.29, 1.82) is 0 Å². The standard InChI is InChI=1S/C21H38N4O3Si/c1-20(2,3)28-19(26)24-17-14-25(18-8-10-23-13-16(18)22)11-9-15(17)12-21(4,5)29(6,7)27/h8,10,13,15,17,27H,9,11-12,14,22H2,1-7H3,(H,24,26)/t15-,17?/m1/s1. The van der Waals surface area contributed by atoms with Crippen LogP contribution in [0.5, 0.6) is 0 Å². The van der Waals surface area contributed by atoms with E-state index in [1.807, 2.05) is 39.9 Å². The van der Waals surface area contributed by atoms with Gasteiger partial charge in [0.2, 0.25) is 0 Å². The lowest BCUT2D eigenvalue weighted by atomic mass is 9.84. The van der Waals surface area contributed by atoms with Crippen molar-refractivity contribution in [3.63, 3.8) is 0 Å². The molecule has 8 heteroatoms.